The Morgan fingerprint density at radius 3 is 2.08 bits per heavy atom. The van der Waals surface area contributed by atoms with Crippen molar-refractivity contribution < 1.29 is 26.3 Å². The molecule has 0 bridgehead atoms. The van der Waals surface area contributed by atoms with E-state index in [-0.39, 0.29) is 16.5 Å². The molecule has 0 atom stereocenters. The van der Waals surface area contributed by atoms with Gasteiger partial charge in [0.25, 0.3) is 0 Å². The van der Waals surface area contributed by atoms with Crippen molar-refractivity contribution in [2.24, 2.45) is 0 Å². The minimum absolute atomic E-state index is 0.160. The Labute approximate surface area is 146 Å². The van der Waals surface area contributed by atoms with Gasteiger partial charge in [-0.25, -0.2) is 13.2 Å². The zero-order valence-corrected chi connectivity index (χ0v) is 13.7. The average molecular weight is 368 g/mol. The summed E-state index contributed by atoms with van der Waals surface area (Å²) in [6, 6.07) is 9.04. The Balaban J connectivity index is 2.14. The lowest BCUT2D eigenvalue weighted by Gasteiger charge is -2.13. The van der Waals surface area contributed by atoms with Gasteiger partial charge in [0.1, 0.15) is 23.0 Å². The van der Waals surface area contributed by atoms with Crippen LogP contribution in [0.2, 0.25) is 0 Å². The molecule has 0 heterocycles. The van der Waals surface area contributed by atoms with Crippen LogP contribution in [0.25, 0.3) is 21.9 Å². The van der Waals surface area contributed by atoms with E-state index in [0.29, 0.717) is 17.5 Å². The van der Waals surface area contributed by atoms with Crippen LogP contribution in [0, 0.1) is 17.5 Å². The van der Waals surface area contributed by atoms with E-state index in [0.717, 1.165) is 18.4 Å². The van der Waals surface area contributed by atoms with Crippen molar-refractivity contribution in [2.75, 3.05) is 0 Å². The van der Waals surface area contributed by atoms with Crippen LogP contribution in [0.1, 0.15) is 24.5 Å². The smallest absolute Gasteiger partial charge is 0.206 e. The van der Waals surface area contributed by atoms with Gasteiger partial charge in [-0.2, -0.15) is 13.2 Å². The van der Waals surface area contributed by atoms with E-state index in [4.69, 9.17) is 0 Å². The second-order valence-electron chi connectivity index (χ2n) is 6.05. The van der Waals surface area contributed by atoms with Gasteiger partial charge in [0.2, 0.25) is 0 Å². The zero-order chi connectivity index (χ0) is 19.1. The van der Waals surface area contributed by atoms with Crippen molar-refractivity contribution >= 4 is 10.8 Å². The maximum atomic E-state index is 14.8. The highest BCUT2D eigenvalue weighted by Crippen LogP contribution is 2.37. The number of benzene rings is 3. The standard InChI is InChI=1S/C20H14F6/c1-2-3-11-4-6-14-12(8-11)5-7-15(19(14)23)13-9-16(21)18(17(22)10-13)20(24,25)26/h4-10H,2-3H2,1H3. The van der Waals surface area contributed by atoms with Gasteiger partial charge in [-0.05, 0) is 35.1 Å². The Kier molecular flexibility index (Phi) is 4.69. The molecule has 3 aromatic rings. The van der Waals surface area contributed by atoms with Crippen LogP contribution in [-0.2, 0) is 12.6 Å². The highest BCUT2D eigenvalue weighted by atomic mass is 19.4. The fourth-order valence-electron chi connectivity index (χ4n) is 3.01. The van der Waals surface area contributed by atoms with Crippen LogP contribution in [0.4, 0.5) is 26.3 Å². The van der Waals surface area contributed by atoms with Gasteiger partial charge in [-0.1, -0.05) is 43.7 Å². The molecule has 0 N–H and O–H groups in total. The summed E-state index contributed by atoms with van der Waals surface area (Å²) in [7, 11) is 0. The van der Waals surface area contributed by atoms with Crippen molar-refractivity contribution in [1.29, 1.82) is 0 Å². The normalized spacial score (nSPS) is 12.0. The monoisotopic (exact) mass is 368 g/mol. The van der Waals surface area contributed by atoms with E-state index in [1.807, 2.05) is 13.0 Å². The Morgan fingerprint density at radius 2 is 1.50 bits per heavy atom. The van der Waals surface area contributed by atoms with Crippen LogP contribution in [0.15, 0.2) is 42.5 Å². The van der Waals surface area contributed by atoms with Crippen LogP contribution in [0.5, 0.6) is 0 Å². The Bertz CT molecular complexity index is 949. The zero-order valence-electron chi connectivity index (χ0n) is 13.7. The Hall–Kier alpha value is -2.50. The van der Waals surface area contributed by atoms with Crippen molar-refractivity contribution in [1.82, 2.24) is 0 Å². The molecule has 3 rings (SSSR count). The molecule has 0 unspecified atom stereocenters. The first-order chi connectivity index (χ1) is 12.2. The molecular formula is C20H14F6. The number of halogens is 6. The van der Waals surface area contributed by atoms with Crippen molar-refractivity contribution in [3.05, 3.63) is 71.0 Å². The molecule has 0 nitrogen and oxygen atoms in total. The summed E-state index contributed by atoms with van der Waals surface area (Å²) in [4.78, 5) is 0. The molecule has 3 aromatic carbocycles. The molecule has 6 heteroatoms. The van der Waals surface area contributed by atoms with Gasteiger partial charge in [-0.3, -0.25) is 0 Å². The van der Waals surface area contributed by atoms with E-state index >= 15 is 0 Å². The van der Waals surface area contributed by atoms with Gasteiger partial charge < -0.3 is 0 Å². The molecule has 0 fully saturated rings. The third-order valence-corrected chi connectivity index (χ3v) is 4.19. The van der Waals surface area contributed by atoms with E-state index in [9.17, 15) is 26.3 Å². The van der Waals surface area contributed by atoms with Gasteiger partial charge >= 0.3 is 6.18 Å². The molecule has 0 aliphatic heterocycles. The fourth-order valence-corrected chi connectivity index (χ4v) is 3.01. The van der Waals surface area contributed by atoms with Gasteiger partial charge in [0.05, 0.1) is 0 Å². The number of fused-ring (bicyclic) bond motifs is 1. The number of rotatable bonds is 3. The van der Waals surface area contributed by atoms with E-state index in [2.05, 4.69) is 0 Å². The van der Waals surface area contributed by atoms with Gasteiger partial charge in [0, 0.05) is 10.9 Å². The maximum Gasteiger partial charge on any atom is 0.422 e. The summed E-state index contributed by atoms with van der Waals surface area (Å²) in [5.41, 5.74) is -1.40. The van der Waals surface area contributed by atoms with E-state index < -0.39 is 29.2 Å². The largest absolute Gasteiger partial charge is 0.422 e. The summed E-state index contributed by atoms with van der Waals surface area (Å²) in [6.45, 7) is 2.02. The van der Waals surface area contributed by atoms with Crippen LogP contribution < -0.4 is 0 Å². The molecule has 26 heavy (non-hydrogen) atoms. The SMILES string of the molecule is CCCc1ccc2c(F)c(-c3cc(F)c(C(F)(F)F)c(F)c3)ccc2c1. The summed E-state index contributed by atoms with van der Waals surface area (Å²) in [5.74, 6) is -4.28. The molecule has 136 valence electrons. The molecule has 0 spiro atoms. The summed E-state index contributed by atoms with van der Waals surface area (Å²) in [5, 5.41) is 0.855. The molecule has 0 aromatic heterocycles. The number of alkyl halides is 3. The van der Waals surface area contributed by atoms with Gasteiger partial charge in [-0.15, -0.1) is 0 Å². The summed E-state index contributed by atoms with van der Waals surface area (Å²) >= 11 is 0. The predicted octanol–water partition coefficient (Wildman–Crippen LogP) is 6.90. The first-order valence-electron chi connectivity index (χ1n) is 8.00. The Morgan fingerprint density at radius 1 is 0.846 bits per heavy atom. The summed E-state index contributed by atoms with van der Waals surface area (Å²) < 4.78 is 80.4. The third kappa shape index (κ3) is 3.28. The van der Waals surface area contributed by atoms with Crippen LogP contribution in [0.3, 0.4) is 0 Å². The van der Waals surface area contributed by atoms with E-state index in [1.54, 1.807) is 18.2 Å². The number of hydrogen-bond donors (Lipinski definition) is 0. The highest BCUT2D eigenvalue weighted by molar-refractivity contribution is 5.88. The summed E-state index contributed by atoms with van der Waals surface area (Å²) in [6.07, 6.45) is -3.41. The van der Waals surface area contributed by atoms with Crippen molar-refractivity contribution in [2.45, 2.75) is 25.9 Å². The minimum Gasteiger partial charge on any atom is -0.206 e. The minimum atomic E-state index is -5.16. The molecule has 0 aliphatic rings. The quantitative estimate of drug-likeness (QED) is 0.441. The van der Waals surface area contributed by atoms with Gasteiger partial charge in [0.15, 0.2) is 0 Å². The first kappa shape index (κ1) is 18.3. The third-order valence-electron chi connectivity index (χ3n) is 4.19. The first-order valence-corrected chi connectivity index (χ1v) is 8.00. The van der Waals surface area contributed by atoms with E-state index in [1.165, 1.54) is 6.07 Å². The van der Waals surface area contributed by atoms with Crippen LogP contribution in [-0.4, -0.2) is 0 Å². The lowest BCUT2D eigenvalue weighted by Crippen LogP contribution is -2.11. The van der Waals surface area contributed by atoms with Crippen molar-refractivity contribution in [3.8, 4) is 11.1 Å². The predicted molar refractivity (Wildman–Crippen MR) is 88.3 cm³/mol. The highest BCUT2D eigenvalue weighted by Gasteiger charge is 2.38. The van der Waals surface area contributed by atoms with Crippen molar-refractivity contribution in [3.63, 3.8) is 0 Å². The lowest BCUT2D eigenvalue weighted by atomic mass is 9.97. The molecule has 0 saturated heterocycles. The fraction of sp³-hybridized carbons (Fsp3) is 0.200. The maximum absolute atomic E-state index is 14.8. The second kappa shape index (κ2) is 6.67. The molecule has 0 radical (unpaired) electrons. The molecule has 0 saturated carbocycles. The number of aryl methyl sites for hydroxylation is 1. The molecule has 0 amide bonds. The number of hydrogen-bond acceptors (Lipinski definition) is 0. The molecular weight excluding hydrogens is 354 g/mol. The second-order valence-corrected chi connectivity index (χ2v) is 6.05. The lowest BCUT2D eigenvalue weighted by molar-refractivity contribution is -0.142. The van der Waals surface area contributed by atoms with Crippen LogP contribution >= 0.6 is 0 Å². The molecule has 0 aliphatic carbocycles. The average Bonchev–Trinajstić information content (AvgIpc) is 2.53. The topological polar surface area (TPSA) is 0 Å².